The molecule has 104 valence electrons. The number of halogens is 3. The van der Waals surface area contributed by atoms with Gasteiger partial charge < -0.3 is 10.1 Å². The van der Waals surface area contributed by atoms with E-state index < -0.39 is 0 Å². The third-order valence-corrected chi connectivity index (χ3v) is 3.71. The molecule has 0 saturated carbocycles. The third kappa shape index (κ3) is 3.45. The number of carbonyl (C=O) groups excluding carboxylic acids is 1. The van der Waals surface area contributed by atoms with Crippen LogP contribution in [0.15, 0.2) is 40.9 Å². The van der Waals surface area contributed by atoms with E-state index >= 15 is 0 Å². The number of hydrogen-bond acceptors (Lipinski definition) is 2. The number of benzene rings is 2. The Morgan fingerprint density at radius 3 is 2.45 bits per heavy atom. The van der Waals surface area contributed by atoms with Crippen LogP contribution in [0.1, 0.15) is 10.4 Å². The number of nitrogens with one attached hydrogen (secondary N) is 1. The minimum absolute atomic E-state index is 0.313. The van der Waals surface area contributed by atoms with Crippen molar-refractivity contribution in [2.45, 2.75) is 0 Å². The molecular weight excluding hydrogens is 365 g/mol. The van der Waals surface area contributed by atoms with Gasteiger partial charge in [-0.3, -0.25) is 4.79 Å². The molecule has 0 aliphatic heterocycles. The Morgan fingerprint density at radius 2 is 1.80 bits per heavy atom. The van der Waals surface area contributed by atoms with Crippen LogP contribution in [0.25, 0.3) is 0 Å². The van der Waals surface area contributed by atoms with Crippen LogP contribution in [0.2, 0.25) is 10.0 Å². The van der Waals surface area contributed by atoms with Gasteiger partial charge in [0.15, 0.2) is 0 Å². The van der Waals surface area contributed by atoms with Crippen molar-refractivity contribution >= 4 is 50.7 Å². The van der Waals surface area contributed by atoms with Crippen molar-refractivity contribution in [3.63, 3.8) is 0 Å². The van der Waals surface area contributed by atoms with Crippen molar-refractivity contribution in [3.05, 3.63) is 56.5 Å². The number of carbonyl (C=O) groups is 1. The predicted octanol–water partition coefficient (Wildman–Crippen LogP) is 5.02. The summed E-state index contributed by atoms with van der Waals surface area (Å²) in [6.45, 7) is 0. The lowest BCUT2D eigenvalue weighted by molar-refractivity contribution is 0.102. The molecule has 0 aromatic heterocycles. The second-order valence-electron chi connectivity index (χ2n) is 3.92. The van der Waals surface area contributed by atoms with E-state index in [9.17, 15) is 4.79 Å². The summed E-state index contributed by atoms with van der Waals surface area (Å²) in [6, 6.07) is 9.97. The fourth-order valence-electron chi connectivity index (χ4n) is 1.64. The van der Waals surface area contributed by atoms with Crippen LogP contribution in [-0.2, 0) is 0 Å². The number of rotatable bonds is 3. The Balaban J connectivity index is 2.30. The highest BCUT2D eigenvalue weighted by atomic mass is 79.9. The zero-order valence-corrected chi connectivity index (χ0v) is 13.5. The van der Waals surface area contributed by atoms with Gasteiger partial charge in [0.25, 0.3) is 5.91 Å². The second-order valence-corrected chi connectivity index (χ2v) is 5.65. The highest BCUT2D eigenvalue weighted by molar-refractivity contribution is 9.10. The summed E-state index contributed by atoms with van der Waals surface area (Å²) in [4.78, 5) is 12.3. The van der Waals surface area contributed by atoms with Gasteiger partial charge in [0.1, 0.15) is 5.75 Å². The first-order valence-electron chi connectivity index (χ1n) is 5.61. The molecule has 1 amide bonds. The molecule has 20 heavy (non-hydrogen) atoms. The summed E-state index contributed by atoms with van der Waals surface area (Å²) >= 11 is 15.1. The summed E-state index contributed by atoms with van der Waals surface area (Å²) < 4.78 is 5.85. The van der Waals surface area contributed by atoms with Crippen molar-refractivity contribution in [2.24, 2.45) is 0 Å². The van der Waals surface area contributed by atoms with E-state index in [0.717, 1.165) is 0 Å². The zero-order valence-electron chi connectivity index (χ0n) is 10.4. The molecule has 6 heteroatoms. The molecule has 2 aromatic carbocycles. The topological polar surface area (TPSA) is 38.3 Å². The molecule has 0 unspecified atom stereocenters. The summed E-state index contributed by atoms with van der Waals surface area (Å²) in [6.07, 6.45) is 0. The molecule has 0 saturated heterocycles. The molecule has 2 aromatic rings. The summed E-state index contributed by atoms with van der Waals surface area (Å²) in [5.41, 5.74) is 0.975. The van der Waals surface area contributed by atoms with E-state index in [1.165, 1.54) is 7.11 Å². The van der Waals surface area contributed by atoms with Crippen LogP contribution < -0.4 is 10.1 Å². The van der Waals surface area contributed by atoms with E-state index in [0.29, 0.717) is 31.5 Å². The summed E-state index contributed by atoms with van der Waals surface area (Å²) in [5, 5.41) is 3.82. The number of hydrogen-bond donors (Lipinski definition) is 1. The molecular formula is C14H10BrCl2NO2. The first kappa shape index (κ1) is 15.2. The average Bonchev–Trinajstić information content (AvgIpc) is 2.41. The Bertz CT molecular complexity index is 662. The van der Waals surface area contributed by atoms with Crippen LogP contribution >= 0.6 is 39.1 Å². The zero-order chi connectivity index (χ0) is 14.7. The molecule has 1 N–H and O–H groups in total. The molecule has 0 spiro atoms. The number of anilines is 1. The lowest BCUT2D eigenvalue weighted by atomic mass is 10.2. The molecule has 0 bridgehead atoms. The molecule has 0 atom stereocenters. The smallest absolute Gasteiger partial charge is 0.259 e. The minimum atomic E-state index is -0.313. The van der Waals surface area contributed by atoms with Gasteiger partial charge in [0, 0.05) is 14.5 Å². The lowest BCUT2D eigenvalue weighted by Crippen LogP contribution is -2.13. The van der Waals surface area contributed by atoms with Crippen molar-refractivity contribution in [3.8, 4) is 5.75 Å². The molecule has 0 aliphatic carbocycles. The van der Waals surface area contributed by atoms with Gasteiger partial charge in [0.05, 0.1) is 18.4 Å². The van der Waals surface area contributed by atoms with E-state index in [1.807, 2.05) is 0 Å². The number of amides is 1. The van der Waals surface area contributed by atoms with Crippen molar-refractivity contribution in [2.75, 3.05) is 12.4 Å². The largest absolute Gasteiger partial charge is 0.496 e. The van der Waals surface area contributed by atoms with Gasteiger partial charge in [0.2, 0.25) is 0 Å². The Kier molecular flexibility index (Phi) is 4.91. The molecule has 2 rings (SSSR count). The fourth-order valence-corrected chi connectivity index (χ4v) is 2.59. The van der Waals surface area contributed by atoms with E-state index in [1.54, 1.807) is 36.4 Å². The minimum Gasteiger partial charge on any atom is -0.496 e. The monoisotopic (exact) mass is 373 g/mol. The van der Waals surface area contributed by atoms with Gasteiger partial charge in [-0.2, -0.15) is 0 Å². The van der Waals surface area contributed by atoms with E-state index in [2.05, 4.69) is 21.2 Å². The lowest BCUT2D eigenvalue weighted by Gasteiger charge is -2.11. The Hall–Kier alpha value is -1.23. The van der Waals surface area contributed by atoms with Gasteiger partial charge in [-0.25, -0.2) is 0 Å². The van der Waals surface area contributed by atoms with E-state index in [4.69, 9.17) is 27.9 Å². The van der Waals surface area contributed by atoms with E-state index in [-0.39, 0.29) is 5.91 Å². The fraction of sp³-hybridized carbons (Fsp3) is 0.0714. The maximum atomic E-state index is 12.3. The van der Waals surface area contributed by atoms with Gasteiger partial charge in [-0.05, 0) is 52.3 Å². The van der Waals surface area contributed by atoms with Crippen LogP contribution in [0.4, 0.5) is 5.69 Å². The van der Waals surface area contributed by atoms with Crippen LogP contribution in [0.3, 0.4) is 0 Å². The molecule has 3 nitrogen and oxygen atoms in total. The standard InChI is InChI=1S/C14H10BrCl2NO2/c1-20-13-5-3-8(16)6-10(13)14(19)18-12-4-2-9(17)7-11(12)15/h2-7H,1H3,(H,18,19). The first-order valence-corrected chi connectivity index (χ1v) is 7.16. The van der Waals surface area contributed by atoms with Gasteiger partial charge in [-0.15, -0.1) is 0 Å². The maximum Gasteiger partial charge on any atom is 0.259 e. The normalized spacial score (nSPS) is 10.2. The predicted molar refractivity (Wildman–Crippen MR) is 85.1 cm³/mol. The van der Waals surface area contributed by atoms with Crippen molar-refractivity contribution in [1.29, 1.82) is 0 Å². The maximum absolute atomic E-state index is 12.3. The molecule has 0 radical (unpaired) electrons. The molecule has 0 fully saturated rings. The third-order valence-electron chi connectivity index (χ3n) is 2.59. The number of methoxy groups -OCH3 is 1. The SMILES string of the molecule is COc1ccc(Cl)cc1C(=O)Nc1ccc(Cl)cc1Br. The van der Waals surface area contributed by atoms with Crippen molar-refractivity contribution < 1.29 is 9.53 Å². The van der Waals surface area contributed by atoms with Crippen LogP contribution in [0.5, 0.6) is 5.75 Å². The second kappa shape index (κ2) is 6.48. The quantitative estimate of drug-likeness (QED) is 0.819. The van der Waals surface area contributed by atoms with Crippen LogP contribution in [-0.4, -0.2) is 13.0 Å². The average molecular weight is 375 g/mol. The van der Waals surface area contributed by atoms with Gasteiger partial charge >= 0.3 is 0 Å². The highest BCUT2D eigenvalue weighted by Crippen LogP contribution is 2.28. The molecule has 0 heterocycles. The molecule has 0 aliphatic rings. The number of ether oxygens (including phenoxy) is 1. The highest BCUT2D eigenvalue weighted by Gasteiger charge is 2.14. The van der Waals surface area contributed by atoms with Gasteiger partial charge in [-0.1, -0.05) is 23.2 Å². The summed E-state index contributed by atoms with van der Waals surface area (Å²) in [5.74, 6) is 0.143. The summed E-state index contributed by atoms with van der Waals surface area (Å²) in [7, 11) is 1.50. The Morgan fingerprint density at radius 1 is 1.15 bits per heavy atom. The van der Waals surface area contributed by atoms with Crippen molar-refractivity contribution in [1.82, 2.24) is 0 Å². The first-order chi connectivity index (χ1) is 9.51. The Labute approximate surface area is 135 Å². The van der Waals surface area contributed by atoms with Crippen LogP contribution in [0, 0.1) is 0 Å².